The van der Waals surface area contributed by atoms with Gasteiger partial charge in [-0.05, 0) is 11.6 Å². The molecule has 0 bridgehead atoms. The Morgan fingerprint density at radius 3 is 2.37 bits per heavy atom. The topological polar surface area (TPSA) is 64.7 Å². The van der Waals surface area contributed by atoms with Crippen molar-refractivity contribution in [3.8, 4) is 11.5 Å². The third kappa shape index (κ3) is 3.60. The van der Waals surface area contributed by atoms with Gasteiger partial charge in [-0.1, -0.05) is 17.7 Å². The number of ether oxygens (including phenoxy) is 2. The predicted octanol–water partition coefficient (Wildman–Crippen LogP) is 2.41. The Hall–Kier alpha value is -0.820. The molecule has 0 aliphatic carbocycles. The van der Waals surface area contributed by atoms with Gasteiger partial charge >= 0.3 is 0 Å². The van der Waals surface area contributed by atoms with Gasteiger partial charge in [-0.2, -0.15) is 0 Å². The molecule has 0 saturated heterocycles. The molecule has 1 aromatic rings. The summed E-state index contributed by atoms with van der Waals surface area (Å²) in [5.74, 6) is -3.03. The molecule has 0 saturated carbocycles. The summed E-state index contributed by atoms with van der Waals surface area (Å²) in [5, 5.41) is 8.56. The zero-order valence-electron chi connectivity index (χ0n) is 10.3. The average Bonchev–Trinajstić information content (AvgIpc) is 2.37. The molecule has 0 aromatic heterocycles. The molecule has 110 valence electrons. The van der Waals surface area contributed by atoms with E-state index in [1.54, 1.807) is 0 Å². The second-order valence-corrected chi connectivity index (χ2v) is 3.98. The SMILES string of the molecule is COc1ccc([C@@H](N)C(F)(F)CO)c(Cl)c1OC.Cl. The molecule has 19 heavy (non-hydrogen) atoms. The fourth-order valence-corrected chi connectivity index (χ4v) is 1.82. The number of hydrogen-bond acceptors (Lipinski definition) is 4. The van der Waals surface area contributed by atoms with E-state index in [0.717, 1.165) is 0 Å². The van der Waals surface area contributed by atoms with Crippen molar-refractivity contribution in [3.63, 3.8) is 0 Å². The van der Waals surface area contributed by atoms with Crippen LogP contribution in [0.5, 0.6) is 11.5 Å². The summed E-state index contributed by atoms with van der Waals surface area (Å²) < 4.78 is 36.6. The number of benzene rings is 1. The molecule has 0 aliphatic heterocycles. The van der Waals surface area contributed by atoms with Crippen LogP contribution in [-0.2, 0) is 0 Å². The first-order valence-corrected chi connectivity index (χ1v) is 5.41. The summed E-state index contributed by atoms with van der Waals surface area (Å²) in [7, 11) is 2.74. The maximum atomic E-state index is 13.3. The lowest BCUT2D eigenvalue weighted by atomic mass is 10.0. The first kappa shape index (κ1) is 18.2. The lowest BCUT2D eigenvalue weighted by molar-refractivity contribution is -0.0711. The summed E-state index contributed by atoms with van der Waals surface area (Å²) >= 11 is 5.95. The van der Waals surface area contributed by atoms with E-state index in [-0.39, 0.29) is 28.7 Å². The van der Waals surface area contributed by atoms with Gasteiger partial charge in [0.25, 0.3) is 5.92 Å². The van der Waals surface area contributed by atoms with Gasteiger partial charge in [-0.3, -0.25) is 0 Å². The van der Waals surface area contributed by atoms with E-state index < -0.39 is 18.6 Å². The summed E-state index contributed by atoms with van der Waals surface area (Å²) in [6.45, 7) is -1.36. The van der Waals surface area contributed by atoms with E-state index in [9.17, 15) is 8.78 Å². The summed E-state index contributed by atoms with van der Waals surface area (Å²) in [4.78, 5) is 0. The fraction of sp³-hybridized carbons (Fsp3) is 0.455. The second kappa shape index (κ2) is 7.09. The third-order valence-corrected chi connectivity index (χ3v) is 2.91. The number of rotatable bonds is 5. The Bertz CT molecular complexity index is 433. The van der Waals surface area contributed by atoms with Crippen LogP contribution in [0.1, 0.15) is 11.6 Å². The number of hydrogen-bond donors (Lipinski definition) is 2. The van der Waals surface area contributed by atoms with Crippen LogP contribution in [0.25, 0.3) is 0 Å². The van der Waals surface area contributed by atoms with Crippen LogP contribution >= 0.6 is 24.0 Å². The molecule has 4 nitrogen and oxygen atoms in total. The van der Waals surface area contributed by atoms with Gasteiger partial charge in [0.05, 0.1) is 25.3 Å². The molecule has 1 atom stereocenters. The summed E-state index contributed by atoms with van der Waals surface area (Å²) in [5.41, 5.74) is 5.39. The Labute approximate surface area is 120 Å². The van der Waals surface area contributed by atoms with E-state index in [1.807, 2.05) is 0 Å². The van der Waals surface area contributed by atoms with Crippen LogP contribution < -0.4 is 15.2 Å². The molecule has 0 aliphatic rings. The van der Waals surface area contributed by atoms with Crippen LogP contribution in [0, 0.1) is 0 Å². The predicted molar refractivity (Wildman–Crippen MR) is 70.8 cm³/mol. The lowest BCUT2D eigenvalue weighted by Crippen LogP contribution is -2.36. The van der Waals surface area contributed by atoms with Crippen molar-refractivity contribution in [1.29, 1.82) is 0 Å². The minimum Gasteiger partial charge on any atom is -0.493 e. The van der Waals surface area contributed by atoms with Crippen molar-refractivity contribution in [2.45, 2.75) is 12.0 Å². The molecule has 3 N–H and O–H groups in total. The highest BCUT2D eigenvalue weighted by atomic mass is 35.5. The molecule has 0 heterocycles. The molecule has 0 spiro atoms. The molecular formula is C11H15Cl2F2NO3. The van der Waals surface area contributed by atoms with E-state index in [4.69, 9.17) is 31.9 Å². The van der Waals surface area contributed by atoms with Gasteiger partial charge in [0.2, 0.25) is 0 Å². The fourth-order valence-electron chi connectivity index (χ4n) is 1.47. The third-order valence-electron chi connectivity index (χ3n) is 2.52. The van der Waals surface area contributed by atoms with Crippen molar-refractivity contribution in [1.82, 2.24) is 0 Å². The van der Waals surface area contributed by atoms with Crippen LogP contribution in [0.4, 0.5) is 8.78 Å². The Balaban J connectivity index is 0.00000324. The van der Waals surface area contributed by atoms with Crippen LogP contribution in [0.3, 0.4) is 0 Å². The van der Waals surface area contributed by atoms with Gasteiger partial charge in [0.15, 0.2) is 11.5 Å². The molecule has 0 unspecified atom stereocenters. The maximum absolute atomic E-state index is 13.3. The highest BCUT2D eigenvalue weighted by Crippen LogP contribution is 2.42. The number of halogens is 4. The highest BCUT2D eigenvalue weighted by Gasteiger charge is 2.39. The first-order valence-electron chi connectivity index (χ1n) is 5.03. The second-order valence-electron chi connectivity index (χ2n) is 3.60. The quantitative estimate of drug-likeness (QED) is 0.875. The van der Waals surface area contributed by atoms with Gasteiger partial charge in [-0.25, -0.2) is 8.78 Å². The molecule has 0 fully saturated rings. The zero-order valence-corrected chi connectivity index (χ0v) is 11.9. The number of nitrogens with two attached hydrogens (primary N) is 1. The largest absolute Gasteiger partial charge is 0.493 e. The van der Waals surface area contributed by atoms with Crippen LogP contribution in [0.2, 0.25) is 5.02 Å². The minimum atomic E-state index is -3.47. The van der Waals surface area contributed by atoms with Crippen molar-refractivity contribution < 1.29 is 23.4 Å². The van der Waals surface area contributed by atoms with Gasteiger partial charge in [0.1, 0.15) is 6.61 Å². The van der Waals surface area contributed by atoms with E-state index >= 15 is 0 Å². The van der Waals surface area contributed by atoms with E-state index in [1.165, 1.54) is 26.4 Å². The summed E-state index contributed by atoms with van der Waals surface area (Å²) in [6.07, 6.45) is 0. The first-order chi connectivity index (χ1) is 8.38. The van der Waals surface area contributed by atoms with E-state index in [2.05, 4.69) is 0 Å². The molecule has 0 amide bonds. The number of aliphatic hydroxyl groups is 1. The zero-order chi connectivity index (χ0) is 13.9. The number of methoxy groups -OCH3 is 2. The van der Waals surface area contributed by atoms with Gasteiger partial charge in [0, 0.05) is 0 Å². The van der Waals surface area contributed by atoms with Crippen molar-refractivity contribution in [2.24, 2.45) is 5.73 Å². The maximum Gasteiger partial charge on any atom is 0.289 e. The Morgan fingerprint density at radius 1 is 1.37 bits per heavy atom. The number of alkyl halides is 2. The van der Waals surface area contributed by atoms with E-state index in [0.29, 0.717) is 5.75 Å². The van der Waals surface area contributed by atoms with Gasteiger partial charge in [-0.15, -0.1) is 12.4 Å². The monoisotopic (exact) mass is 317 g/mol. The normalized spacial score (nSPS) is 12.6. The molecule has 1 aromatic carbocycles. The Morgan fingerprint density at radius 2 is 1.95 bits per heavy atom. The molecule has 0 radical (unpaired) electrons. The molecular weight excluding hydrogens is 303 g/mol. The summed E-state index contributed by atoms with van der Waals surface area (Å²) in [6, 6.07) is 1.01. The standard InChI is InChI=1S/C11H14ClF2NO3.ClH/c1-17-7-4-3-6(8(12)9(7)18-2)10(15)11(13,14)5-16;/h3-4,10,16H,5,15H2,1-2H3;1H/t10-;/m1./s1. The average molecular weight is 318 g/mol. The van der Waals surface area contributed by atoms with Crippen LogP contribution in [0.15, 0.2) is 12.1 Å². The van der Waals surface area contributed by atoms with Gasteiger partial charge < -0.3 is 20.3 Å². The molecule has 8 heteroatoms. The van der Waals surface area contributed by atoms with Crippen molar-refractivity contribution in [3.05, 3.63) is 22.7 Å². The lowest BCUT2D eigenvalue weighted by Gasteiger charge is -2.23. The Kier molecular flexibility index (Phi) is 6.79. The highest BCUT2D eigenvalue weighted by molar-refractivity contribution is 6.33. The smallest absolute Gasteiger partial charge is 0.289 e. The minimum absolute atomic E-state index is 0. The number of aliphatic hydroxyl groups excluding tert-OH is 1. The van der Waals surface area contributed by atoms with Crippen molar-refractivity contribution in [2.75, 3.05) is 20.8 Å². The van der Waals surface area contributed by atoms with Crippen LogP contribution in [-0.4, -0.2) is 31.9 Å². The molecule has 1 rings (SSSR count). The van der Waals surface area contributed by atoms with Crippen molar-refractivity contribution >= 4 is 24.0 Å².